The molecular weight excluding hydrogens is 272 g/mol. The molecule has 0 aliphatic heterocycles. The number of pyridine rings is 1. The van der Waals surface area contributed by atoms with Crippen molar-refractivity contribution < 1.29 is 4.57 Å². The molecule has 1 aliphatic rings. The van der Waals surface area contributed by atoms with E-state index in [1.807, 2.05) is 7.05 Å². The van der Waals surface area contributed by atoms with Gasteiger partial charge in [-0.25, -0.2) is 4.57 Å². The van der Waals surface area contributed by atoms with Crippen molar-refractivity contribution in [1.29, 1.82) is 0 Å². The summed E-state index contributed by atoms with van der Waals surface area (Å²) in [5.41, 5.74) is 9.88. The summed E-state index contributed by atoms with van der Waals surface area (Å²) >= 11 is 0. The smallest absolute Gasteiger partial charge is 0.197 e. The SMILES string of the molecule is CNCc1cc(N)cc(CN(C)C2CCCCC2(C)C)[n+]1C. The van der Waals surface area contributed by atoms with E-state index in [0.29, 0.717) is 11.5 Å². The van der Waals surface area contributed by atoms with Crippen LogP contribution >= 0.6 is 0 Å². The second-order valence-electron chi connectivity index (χ2n) is 7.53. The van der Waals surface area contributed by atoms with Crippen molar-refractivity contribution in [3.63, 3.8) is 0 Å². The largest absolute Gasteiger partial charge is 0.398 e. The highest BCUT2D eigenvalue weighted by atomic mass is 15.2. The van der Waals surface area contributed by atoms with Crippen LogP contribution in [0.1, 0.15) is 50.9 Å². The lowest BCUT2D eigenvalue weighted by atomic mass is 9.72. The molecule has 0 amide bonds. The highest BCUT2D eigenvalue weighted by Gasteiger charge is 2.35. The molecule has 0 bridgehead atoms. The summed E-state index contributed by atoms with van der Waals surface area (Å²) < 4.78 is 2.28. The molecule has 1 aromatic heterocycles. The standard InChI is InChI=1S/C18H32N4/c1-18(2)9-7-6-8-17(18)21(4)13-16-11-14(19)10-15(12-20-3)22(16)5/h10-11,17,19-20H,6-9,12-13H2,1-5H3/p+1. The van der Waals surface area contributed by atoms with Crippen molar-refractivity contribution in [1.82, 2.24) is 10.2 Å². The maximum atomic E-state index is 6.11. The molecule has 124 valence electrons. The van der Waals surface area contributed by atoms with Gasteiger partial charge in [0.2, 0.25) is 0 Å². The highest BCUT2D eigenvalue weighted by molar-refractivity contribution is 5.38. The molecule has 22 heavy (non-hydrogen) atoms. The Morgan fingerprint density at radius 2 is 2.00 bits per heavy atom. The lowest BCUT2D eigenvalue weighted by molar-refractivity contribution is -0.687. The molecule has 0 saturated heterocycles. The maximum Gasteiger partial charge on any atom is 0.197 e. The minimum absolute atomic E-state index is 0.402. The zero-order chi connectivity index (χ0) is 16.3. The van der Waals surface area contributed by atoms with E-state index in [2.05, 4.69) is 54.9 Å². The lowest BCUT2D eigenvalue weighted by Gasteiger charge is -2.43. The third-order valence-electron chi connectivity index (χ3n) is 5.28. The molecule has 4 nitrogen and oxygen atoms in total. The van der Waals surface area contributed by atoms with Gasteiger partial charge in [-0.3, -0.25) is 4.90 Å². The van der Waals surface area contributed by atoms with Crippen LogP contribution in [0, 0.1) is 5.41 Å². The minimum atomic E-state index is 0.402. The Morgan fingerprint density at radius 1 is 1.32 bits per heavy atom. The van der Waals surface area contributed by atoms with Crippen LogP contribution in [-0.2, 0) is 20.1 Å². The van der Waals surface area contributed by atoms with Gasteiger partial charge in [0.05, 0.1) is 13.1 Å². The molecular formula is C18H33N4+. The number of aromatic nitrogens is 1. The first-order valence-electron chi connectivity index (χ1n) is 8.47. The van der Waals surface area contributed by atoms with Crippen LogP contribution in [0.15, 0.2) is 12.1 Å². The molecule has 1 atom stereocenters. The van der Waals surface area contributed by atoms with Crippen molar-refractivity contribution in [2.24, 2.45) is 12.5 Å². The van der Waals surface area contributed by atoms with Gasteiger partial charge in [0.1, 0.15) is 7.05 Å². The molecule has 1 heterocycles. The van der Waals surface area contributed by atoms with Crippen LogP contribution in [0.3, 0.4) is 0 Å². The van der Waals surface area contributed by atoms with Crippen molar-refractivity contribution in [3.05, 3.63) is 23.5 Å². The predicted octanol–water partition coefficient (Wildman–Crippen LogP) is 2.21. The van der Waals surface area contributed by atoms with Crippen molar-refractivity contribution in [3.8, 4) is 0 Å². The Kier molecular flexibility index (Phi) is 5.45. The molecule has 1 aromatic rings. The molecule has 4 heteroatoms. The summed E-state index contributed by atoms with van der Waals surface area (Å²) in [6.45, 7) is 6.62. The number of nitrogen functional groups attached to an aromatic ring is 1. The Hall–Kier alpha value is -1.13. The van der Waals surface area contributed by atoms with E-state index < -0.39 is 0 Å². The topological polar surface area (TPSA) is 45.2 Å². The summed E-state index contributed by atoms with van der Waals surface area (Å²) in [6.07, 6.45) is 5.36. The van der Waals surface area contributed by atoms with Gasteiger partial charge in [-0.1, -0.05) is 26.7 Å². The first-order chi connectivity index (χ1) is 10.3. The summed E-state index contributed by atoms with van der Waals surface area (Å²) in [5.74, 6) is 0. The van der Waals surface area contributed by atoms with Crippen molar-refractivity contribution in [2.75, 3.05) is 19.8 Å². The molecule has 1 unspecified atom stereocenters. The average Bonchev–Trinajstić information content (AvgIpc) is 2.43. The Bertz CT molecular complexity index is 510. The third kappa shape index (κ3) is 3.79. The molecule has 0 spiro atoms. The van der Waals surface area contributed by atoms with Crippen LogP contribution in [0.4, 0.5) is 5.69 Å². The van der Waals surface area contributed by atoms with Crippen molar-refractivity contribution in [2.45, 2.75) is 58.7 Å². The molecule has 0 radical (unpaired) electrons. The minimum Gasteiger partial charge on any atom is -0.398 e. The Labute approximate surface area is 135 Å². The third-order valence-corrected chi connectivity index (χ3v) is 5.28. The van der Waals surface area contributed by atoms with Crippen LogP contribution in [-0.4, -0.2) is 25.0 Å². The normalized spacial score (nSPS) is 21.3. The van der Waals surface area contributed by atoms with Gasteiger partial charge in [0, 0.05) is 23.9 Å². The summed E-state index contributed by atoms with van der Waals surface area (Å²) in [4.78, 5) is 2.52. The molecule has 2 rings (SSSR count). The Morgan fingerprint density at radius 3 is 2.64 bits per heavy atom. The average molecular weight is 305 g/mol. The van der Waals surface area contributed by atoms with Gasteiger partial charge in [-0.2, -0.15) is 0 Å². The van der Waals surface area contributed by atoms with E-state index in [9.17, 15) is 0 Å². The van der Waals surface area contributed by atoms with Crippen LogP contribution in [0.2, 0.25) is 0 Å². The molecule has 1 saturated carbocycles. The van der Waals surface area contributed by atoms with Crippen LogP contribution in [0.5, 0.6) is 0 Å². The summed E-state index contributed by atoms with van der Waals surface area (Å²) in [7, 11) is 6.37. The zero-order valence-corrected chi connectivity index (χ0v) is 14.9. The van der Waals surface area contributed by atoms with Crippen molar-refractivity contribution >= 4 is 5.69 Å². The maximum absolute atomic E-state index is 6.11. The number of nitrogens with two attached hydrogens (primary N) is 1. The first kappa shape index (κ1) is 17.2. The fourth-order valence-electron chi connectivity index (χ4n) is 3.97. The van der Waals surface area contributed by atoms with Crippen LogP contribution in [0.25, 0.3) is 0 Å². The Balaban J connectivity index is 2.19. The van der Waals surface area contributed by atoms with E-state index in [-0.39, 0.29) is 0 Å². The number of anilines is 1. The summed E-state index contributed by atoms with van der Waals surface area (Å²) in [5, 5.41) is 3.22. The number of nitrogens with one attached hydrogen (secondary N) is 1. The molecule has 3 N–H and O–H groups in total. The second kappa shape index (κ2) is 6.97. The molecule has 1 fully saturated rings. The number of rotatable bonds is 5. The second-order valence-corrected chi connectivity index (χ2v) is 7.53. The zero-order valence-electron chi connectivity index (χ0n) is 14.9. The van der Waals surface area contributed by atoms with Gasteiger partial charge >= 0.3 is 0 Å². The van der Waals surface area contributed by atoms with E-state index in [1.165, 1.54) is 37.1 Å². The lowest BCUT2D eigenvalue weighted by Crippen LogP contribution is -2.48. The first-order valence-corrected chi connectivity index (χ1v) is 8.47. The number of nitrogens with zero attached hydrogens (tertiary/aromatic N) is 2. The van der Waals surface area contributed by atoms with Gasteiger partial charge in [-0.15, -0.1) is 0 Å². The van der Waals surface area contributed by atoms with E-state index in [0.717, 1.165) is 18.8 Å². The van der Waals surface area contributed by atoms with Gasteiger partial charge in [0.25, 0.3) is 0 Å². The van der Waals surface area contributed by atoms with E-state index in [1.54, 1.807) is 0 Å². The fourth-order valence-corrected chi connectivity index (χ4v) is 3.97. The molecule has 0 aromatic carbocycles. The number of hydrogen-bond acceptors (Lipinski definition) is 3. The highest BCUT2D eigenvalue weighted by Crippen LogP contribution is 2.38. The fraction of sp³-hybridized carbons (Fsp3) is 0.722. The number of hydrogen-bond donors (Lipinski definition) is 2. The quantitative estimate of drug-likeness (QED) is 0.820. The van der Waals surface area contributed by atoms with Gasteiger partial charge in [0.15, 0.2) is 11.4 Å². The van der Waals surface area contributed by atoms with Crippen LogP contribution < -0.4 is 15.6 Å². The monoisotopic (exact) mass is 305 g/mol. The van der Waals surface area contributed by atoms with Gasteiger partial charge in [-0.05, 0) is 32.4 Å². The van der Waals surface area contributed by atoms with E-state index >= 15 is 0 Å². The summed E-state index contributed by atoms with van der Waals surface area (Å²) in [6, 6.07) is 4.83. The predicted molar refractivity (Wildman–Crippen MR) is 92.3 cm³/mol. The van der Waals surface area contributed by atoms with Gasteiger partial charge < -0.3 is 11.1 Å². The molecule has 1 aliphatic carbocycles. The van der Waals surface area contributed by atoms with E-state index in [4.69, 9.17) is 5.73 Å².